The van der Waals surface area contributed by atoms with Crippen molar-refractivity contribution in [2.75, 3.05) is 7.05 Å². The number of aromatic amines is 1. The topological polar surface area (TPSA) is 49.0 Å². The van der Waals surface area contributed by atoms with Crippen LogP contribution in [0.2, 0.25) is 0 Å². The molecule has 0 spiro atoms. The highest BCUT2D eigenvalue weighted by Crippen LogP contribution is 2.67. The maximum absolute atomic E-state index is 12.2. The molecule has 1 aromatic heterocycles. The van der Waals surface area contributed by atoms with Gasteiger partial charge < -0.3 is 9.88 Å². The van der Waals surface area contributed by atoms with Crippen LogP contribution in [0.5, 0.6) is 0 Å². The van der Waals surface area contributed by atoms with Crippen molar-refractivity contribution in [3.8, 4) is 0 Å². The maximum atomic E-state index is 12.2. The minimum Gasteiger partial charge on any atom is -0.349 e. The summed E-state index contributed by atoms with van der Waals surface area (Å²) in [7, 11) is 2.01. The average Bonchev–Trinajstić information content (AvgIpc) is 3.21. The van der Waals surface area contributed by atoms with E-state index in [0.29, 0.717) is 23.3 Å². The lowest BCUT2D eigenvalue weighted by molar-refractivity contribution is -0.138. The standard InChI is InChI=1S/C23H33N3O/c1-14-24-13-19(25-14)18-7-6-16-15-5-8-20-23(3,12-10-21(27)26(20)4)17(15)9-11-22(16,18)2/h10,12-13,15-18,20H,5-9,11H2,1-4H3,(H,24,25)/t15?,16-,17?,18+,20+,22-,23+/m0/s1. The minimum atomic E-state index is 0.147. The van der Waals surface area contributed by atoms with Crippen molar-refractivity contribution in [1.82, 2.24) is 14.9 Å². The first-order chi connectivity index (χ1) is 12.8. The average molecular weight is 368 g/mol. The Morgan fingerprint density at radius 2 is 1.96 bits per heavy atom. The van der Waals surface area contributed by atoms with E-state index >= 15 is 0 Å². The fraction of sp³-hybridized carbons (Fsp3) is 0.739. The van der Waals surface area contributed by atoms with E-state index in [1.807, 2.05) is 18.0 Å². The first-order valence-corrected chi connectivity index (χ1v) is 10.8. The number of nitrogens with one attached hydrogen (secondary N) is 1. The van der Waals surface area contributed by atoms with Gasteiger partial charge in [0.2, 0.25) is 5.91 Å². The number of H-pyrrole nitrogens is 1. The number of fused-ring (bicyclic) bond motifs is 5. The molecule has 1 aliphatic heterocycles. The van der Waals surface area contributed by atoms with Gasteiger partial charge in [-0.25, -0.2) is 4.98 Å². The van der Waals surface area contributed by atoms with Gasteiger partial charge in [-0.2, -0.15) is 0 Å². The second-order valence-electron chi connectivity index (χ2n) is 10.2. The summed E-state index contributed by atoms with van der Waals surface area (Å²) in [6.45, 7) is 7.04. The Morgan fingerprint density at radius 1 is 1.15 bits per heavy atom. The molecule has 146 valence electrons. The smallest absolute Gasteiger partial charge is 0.246 e. The SMILES string of the molecule is Cc1nc([C@H]2CC[C@H]3C4CC[C@H]5N(C)C(=O)C=C[C@]5(C)C4CC[C@]23C)c[nH]1. The summed E-state index contributed by atoms with van der Waals surface area (Å²) < 4.78 is 0. The largest absolute Gasteiger partial charge is 0.349 e. The summed E-state index contributed by atoms with van der Waals surface area (Å²) in [5.74, 6) is 4.13. The number of carbonyl (C=O) groups is 1. The summed E-state index contributed by atoms with van der Waals surface area (Å²) >= 11 is 0. The zero-order valence-electron chi connectivity index (χ0n) is 17.2. The van der Waals surface area contributed by atoms with Crippen molar-refractivity contribution in [2.24, 2.45) is 28.6 Å². The molecule has 3 aliphatic carbocycles. The molecule has 1 amide bonds. The number of rotatable bonds is 1. The quantitative estimate of drug-likeness (QED) is 0.798. The minimum absolute atomic E-state index is 0.147. The highest BCUT2D eigenvalue weighted by atomic mass is 16.2. The molecule has 3 saturated carbocycles. The first kappa shape index (κ1) is 17.5. The van der Waals surface area contributed by atoms with Gasteiger partial charge in [0, 0.05) is 30.6 Å². The van der Waals surface area contributed by atoms with E-state index in [9.17, 15) is 4.79 Å². The number of likely N-dealkylation sites (N-methyl/N-ethyl adjacent to an activating group) is 1. The van der Waals surface area contributed by atoms with Gasteiger partial charge in [0.1, 0.15) is 5.82 Å². The van der Waals surface area contributed by atoms with E-state index in [2.05, 4.69) is 38.0 Å². The molecule has 4 nitrogen and oxygen atoms in total. The monoisotopic (exact) mass is 367 g/mol. The number of nitrogens with zero attached hydrogens (tertiary/aromatic N) is 2. The lowest BCUT2D eigenvalue weighted by atomic mass is 9.47. The molecule has 0 radical (unpaired) electrons. The van der Waals surface area contributed by atoms with Crippen molar-refractivity contribution < 1.29 is 4.79 Å². The van der Waals surface area contributed by atoms with E-state index in [4.69, 9.17) is 4.98 Å². The Balaban J connectivity index is 1.47. The maximum Gasteiger partial charge on any atom is 0.246 e. The van der Waals surface area contributed by atoms with Gasteiger partial charge in [-0.3, -0.25) is 4.79 Å². The van der Waals surface area contributed by atoms with Crippen molar-refractivity contribution >= 4 is 5.91 Å². The van der Waals surface area contributed by atoms with Crippen molar-refractivity contribution in [1.29, 1.82) is 0 Å². The van der Waals surface area contributed by atoms with E-state index in [-0.39, 0.29) is 11.3 Å². The summed E-state index contributed by atoms with van der Waals surface area (Å²) in [6, 6.07) is 0.381. The third kappa shape index (κ3) is 2.28. The molecular formula is C23H33N3O. The van der Waals surface area contributed by atoms with Gasteiger partial charge in [-0.1, -0.05) is 19.9 Å². The predicted molar refractivity (Wildman–Crippen MR) is 106 cm³/mol. The fourth-order valence-corrected chi connectivity index (χ4v) is 7.84. The zero-order chi connectivity index (χ0) is 19.0. The van der Waals surface area contributed by atoms with Crippen LogP contribution in [0.15, 0.2) is 18.3 Å². The van der Waals surface area contributed by atoms with Gasteiger partial charge in [0.15, 0.2) is 0 Å². The Morgan fingerprint density at radius 3 is 2.70 bits per heavy atom. The second kappa shape index (κ2) is 5.71. The molecule has 3 fully saturated rings. The molecule has 1 aromatic rings. The van der Waals surface area contributed by atoms with Gasteiger partial charge in [0.25, 0.3) is 0 Å². The predicted octanol–water partition coefficient (Wildman–Crippen LogP) is 4.44. The Bertz CT molecular complexity index is 797. The molecule has 0 bridgehead atoms. The molecule has 4 aliphatic rings. The van der Waals surface area contributed by atoms with Crippen LogP contribution < -0.4 is 0 Å². The van der Waals surface area contributed by atoms with Gasteiger partial charge in [0.05, 0.1) is 5.69 Å². The van der Waals surface area contributed by atoms with Crippen LogP contribution >= 0.6 is 0 Å². The fourth-order valence-electron chi connectivity index (χ4n) is 7.84. The summed E-state index contributed by atoms with van der Waals surface area (Å²) in [5, 5.41) is 0. The molecule has 7 atom stereocenters. The Labute approximate surface area is 162 Å². The van der Waals surface area contributed by atoms with Crippen LogP contribution in [0.1, 0.15) is 69.8 Å². The van der Waals surface area contributed by atoms with Crippen LogP contribution in [-0.2, 0) is 4.79 Å². The number of hydrogen-bond acceptors (Lipinski definition) is 2. The van der Waals surface area contributed by atoms with E-state index in [0.717, 1.165) is 24.1 Å². The highest BCUT2D eigenvalue weighted by molar-refractivity contribution is 5.89. The summed E-state index contributed by atoms with van der Waals surface area (Å²) in [5.41, 5.74) is 1.82. The molecule has 1 N–H and O–H groups in total. The third-order valence-electron chi connectivity index (χ3n) is 9.21. The van der Waals surface area contributed by atoms with Crippen molar-refractivity contribution in [3.05, 3.63) is 29.9 Å². The molecule has 2 unspecified atom stereocenters. The lowest BCUT2D eigenvalue weighted by Crippen LogP contribution is -2.59. The van der Waals surface area contributed by atoms with Gasteiger partial charge in [-0.05, 0) is 74.7 Å². The van der Waals surface area contributed by atoms with Crippen LogP contribution in [0.4, 0.5) is 0 Å². The number of aryl methyl sites for hydroxylation is 1. The van der Waals surface area contributed by atoms with Gasteiger partial charge >= 0.3 is 0 Å². The lowest BCUT2D eigenvalue weighted by Gasteiger charge is -2.60. The first-order valence-electron chi connectivity index (χ1n) is 10.8. The number of carbonyl (C=O) groups excluding carboxylic acids is 1. The molecule has 0 saturated heterocycles. The van der Waals surface area contributed by atoms with Crippen LogP contribution in [0, 0.1) is 35.5 Å². The molecule has 2 heterocycles. The molecule has 27 heavy (non-hydrogen) atoms. The van der Waals surface area contributed by atoms with E-state index in [1.165, 1.54) is 37.8 Å². The number of imidazole rings is 1. The van der Waals surface area contributed by atoms with Crippen LogP contribution in [-0.4, -0.2) is 33.9 Å². The Kier molecular flexibility index (Phi) is 3.71. The van der Waals surface area contributed by atoms with E-state index in [1.54, 1.807) is 0 Å². The van der Waals surface area contributed by atoms with Crippen molar-refractivity contribution in [3.63, 3.8) is 0 Å². The number of amides is 1. The highest BCUT2D eigenvalue weighted by Gasteiger charge is 2.60. The second-order valence-corrected chi connectivity index (χ2v) is 10.2. The third-order valence-corrected chi connectivity index (χ3v) is 9.21. The molecular weight excluding hydrogens is 334 g/mol. The van der Waals surface area contributed by atoms with Gasteiger partial charge in [-0.15, -0.1) is 0 Å². The molecule has 4 heteroatoms. The molecule has 0 aromatic carbocycles. The normalized spacial score (nSPS) is 46.1. The zero-order valence-corrected chi connectivity index (χ0v) is 17.2. The number of hydrogen-bond donors (Lipinski definition) is 1. The Hall–Kier alpha value is -1.58. The van der Waals surface area contributed by atoms with Crippen LogP contribution in [0.25, 0.3) is 0 Å². The number of aromatic nitrogens is 2. The van der Waals surface area contributed by atoms with Crippen molar-refractivity contribution in [2.45, 2.75) is 71.3 Å². The summed E-state index contributed by atoms with van der Waals surface area (Å²) in [4.78, 5) is 22.4. The van der Waals surface area contributed by atoms with E-state index < -0.39 is 0 Å². The molecule has 5 rings (SSSR count). The summed E-state index contributed by atoms with van der Waals surface area (Å²) in [6.07, 6.45) is 13.9. The van der Waals surface area contributed by atoms with Crippen LogP contribution in [0.3, 0.4) is 0 Å².